The zero-order valence-electron chi connectivity index (χ0n) is 23.9. The fraction of sp³-hybridized carbons (Fsp3) is 0.281. The molecule has 0 radical (unpaired) electrons. The molecule has 9 heteroatoms. The molecule has 0 saturated carbocycles. The number of benzene rings is 2. The molecule has 1 atom stereocenters. The lowest BCUT2D eigenvalue weighted by Gasteiger charge is -2.26. The quantitative estimate of drug-likeness (QED) is 0.264. The molecule has 2 aromatic heterocycles. The van der Waals surface area contributed by atoms with E-state index in [1.54, 1.807) is 18.4 Å². The highest BCUT2D eigenvalue weighted by atomic mass is 35.5. The Balaban J connectivity index is 1.72. The van der Waals surface area contributed by atoms with E-state index in [4.69, 9.17) is 26.1 Å². The summed E-state index contributed by atoms with van der Waals surface area (Å²) in [5.41, 5.74) is 6.22. The van der Waals surface area contributed by atoms with Crippen LogP contribution in [-0.4, -0.2) is 28.3 Å². The van der Waals surface area contributed by atoms with E-state index >= 15 is 0 Å². The van der Waals surface area contributed by atoms with Gasteiger partial charge in [0.25, 0.3) is 5.56 Å². The summed E-state index contributed by atoms with van der Waals surface area (Å²) in [7, 11) is 0. The number of hydrogen-bond donors (Lipinski definition) is 0. The second-order valence-electron chi connectivity index (χ2n) is 9.82. The fourth-order valence-corrected chi connectivity index (χ4v) is 6.57. The van der Waals surface area contributed by atoms with Gasteiger partial charge in [-0.1, -0.05) is 47.2 Å². The van der Waals surface area contributed by atoms with Gasteiger partial charge in [0.15, 0.2) is 4.80 Å². The number of carbonyl (C=O) groups is 1. The Morgan fingerprint density at radius 1 is 1.07 bits per heavy atom. The normalized spacial score (nSPS) is 15.1. The Bertz CT molecular complexity index is 1880. The van der Waals surface area contributed by atoms with E-state index in [2.05, 4.69) is 10.6 Å². The van der Waals surface area contributed by atoms with E-state index in [1.807, 2.05) is 76.2 Å². The van der Waals surface area contributed by atoms with Crippen LogP contribution in [0.25, 0.3) is 11.8 Å². The van der Waals surface area contributed by atoms with Gasteiger partial charge in [0.05, 0.1) is 29.0 Å². The molecule has 0 aliphatic carbocycles. The molecule has 0 unspecified atom stereocenters. The van der Waals surface area contributed by atoms with Gasteiger partial charge < -0.3 is 14.0 Å². The maximum atomic E-state index is 14.1. The van der Waals surface area contributed by atoms with Crippen LogP contribution in [0.4, 0.5) is 0 Å². The molecule has 5 rings (SSSR count). The minimum atomic E-state index is -0.739. The third-order valence-electron chi connectivity index (χ3n) is 7.27. The highest BCUT2D eigenvalue weighted by Crippen LogP contribution is 2.36. The van der Waals surface area contributed by atoms with Crippen molar-refractivity contribution in [3.8, 4) is 11.4 Å². The summed E-state index contributed by atoms with van der Waals surface area (Å²) in [5, 5.41) is 0.699. The van der Waals surface area contributed by atoms with Gasteiger partial charge in [-0.3, -0.25) is 9.36 Å². The third-order valence-corrected chi connectivity index (χ3v) is 8.66. The predicted molar refractivity (Wildman–Crippen MR) is 163 cm³/mol. The van der Waals surface area contributed by atoms with Crippen LogP contribution in [0, 0.1) is 20.8 Å². The first-order valence-electron chi connectivity index (χ1n) is 13.5. The standard InChI is InChI=1S/C32H32ClN3O4S/c1-7-39-26-15-10-9-12-23(26)29-28(31(38)40-8-2)20(5)34-32-36(29)30(37)27(41-32)17-22-16-18(3)35(21(22)6)25-14-11-13-24(33)19(25)4/h9-17,29H,7-8H2,1-6H3/b27-17-/t29-/m0/s1. The molecule has 0 N–H and O–H groups in total. The van der Waals surface area contributed by atoms with Gasteiger partial charge in [-0.05, 0) is 83.0 Å². The van der Waals surface area contributed by atoms with Gasteiger partial charge in [-0.15, -0.1) is 0 Å². The third kappa shape index (κ3) is 5.06. The number of thiazole rings is 1. The zero-order valence-corrected chi connectivity index (χ0v) is 25.5. The molecule has 1 aliphatic rings. The number of carbonyl (C=O) groups excluding carboxylic acids is 1. The summed E-state index contributed by atoms with van der Waals surface area (Å²) in [5.74, 6) is 0.103. The fourth-order valence-electron chi connectivity index (χ4n) is 5.36. The van der Waals surface area contributed by atoms with Crippen LogP contribution >= 0.6 is 22.9 Å². The number of aryl methyl sites for hydroxylation is 1. The number of para-hydroxylation sites is 1. The van der Waals surface area contributed by atoms with Gasteiger partial charge in [0.1, 0.15) is 11.8 Å². The molecule has 0 spiro atoms. The van der Waals surface area contributed by atoms with Crippen molar-refractivity contribution in [2.24, 2.45) is 4.99 Å². The number of rotatable bonds is 7. The molecular weight excluding hydrogens is 558 g/mol. The van der Waals surface area contributed by atoms with Crippen LogP contribution in [0.3, 0.4) is 0 Å². The molecule has 2 aromatic carbocycles. The van der Waals surface area contributed by atoms with Gasteiger partial charge in [-0.2, -0.15) is 0 Å². The highest BCUT2D eigenvalue weighted by molar-refractivity contribution is 7.07. The maximum absolute atomic E-state index is 14.1. The lowest BCUT2D eigenvalue weighted by Crippen LogP contribution is -2.40. The number of esters is 1. The molecular formula is C32H32ClN3O4S. The average Bonchev–Trinajstić information content (AvgIpc) is 3.39. The first kappa shape index (κ1) is 28.6. The van der Waals surface area contributed by atoms with Gasteiger partial charge in [0.2, 0.25) is 0 Å². The van der Waals surface area contributed by atoms with E-state index in [-0.39, 0.29) is 12.2 Å². The summed E-state index contributed by atoms with van der Waals surface area (Å²) in [6.45, 7) is 12.1. The van der Waals surface area contributed by atoms with E-state index in [9.17, 15) is 9.59 Å². The number of fused-ring (bicyclic) bond motifs is 1. The molecule has 1 aliphatic heterocycles. The Morgan fingerprint density at radius 3 is 2.56 bits per heavy atom. The molecule has 212 valence electrons. The van der Waals surface area contributed by atoms with Crippen LogP contribution < -0.4 is 19.6 Å². The highest BCUT2D eigenvalue weighted by Gasteiger charge is 2.35. The van der Waals surface area contributed by atoms with E-state index in [0.29, 0.717) is 43.5 Å². The van der Waals surface area contributed by atoms with Crippen molar-refractivity contribution in [1.29, 1.82) is 0 Å². The molecule has 0 bridgehead atoms. The van der Waals surface area contributed by atoms with Crippen LogP contribution in [0.15, 0.2) is 69.6 Å². The minimum absolute atomic E-state index is 0.210. The number of hydrogen-bond acceptors (Lipinski definition) is 6. The van der Waals surface area contributed by atoms with Crippen molar-refractivity contribution in [1.82, 2.24) is 9.13 Å². The van der Waals surface area contributed by atoms with E-state index < -0.39 is 12.0 Å². The Kier molecular flexibility index (Phi) is 8.07. The Labute approximate surface area is 247 Å². The van der Waals surface area contributed by atoms with Crippen LogP contribution in [0.1, 0.15) is 54.9 Å². The minimum Gasteiger partial charge on any atom is -0.494 e. The van der Waals surface area contributed by atoms with E-state index in [0.717, 1.165) is 28.2 Å². The van der Waals surface area contributed by atoms with Crippen molar-refractivity contribution in [3.05, 3.63) is 113 Å². The molecule has 0 amide bonds. The van der Waals surface area contributed by atoms with Crippen molar-refractivity contribution >= 4 is 35.0 Å². The van der Waals surface area contributed by atoms with Crippen LogP contribution in [-0.2, 0) is 9.53 Å². The number of ether oxygens (including phenoxy) is 2. The monoisotopic (exact) mass is 589 g/mol. The largest absolute Gasteiger partial charge is 0.494 e. The maximum Gasteiger partial charge on any atom is 0.338 e. The van der Waals surface area contributed by atoms with Crippen molar-refractivity contribution in [2.75, 3.05) is 13.2 Å². The lowest BCUT2D eigenvalue weighted by molar-refractivity contribution is -0.139. The van der Waals surface area contributed by atoms with Gasteiger partial charge >= 0.3 is 5.97 Å². The predicted octanol–water partition coefficient (Wildman–Crippen LogP) is 5.57. The number of aromatic nitrogens is 2. The summed E-state index contributed by atoms with van der Waals surface area (Å²) < 4.78 is 15.6. The van der Waals surface area contributed by atoms with Crippen LogP contribution in [0.5, 0.6) is 5.75 Å². The first-order chi connectivity index (χ1) is 19.7. The lowest BCUT2D eigenvalue weighted by atomic mass is 9.95. The van der Waals surface area contributed by atoms with Crippen molar-refractivity contribution in [2.45, 2.75) is 47.6 Å². The topological polar surface area (TPSA) is 74.8 Å². The summed E-state index contributed by atoms with van der Waals surface area (Å²) in [6.07, 6.45) is 1.90. The molecule has 0 saturated heterocycles. The van der Waals surface area contributed by atoms with Crippen molar-refractivity contribution < 1.29 is 14.3 Å². The second kappa shape index (κ2) is 11.5. The number of allylic oxidation sites excluding steroid dienone is 1. The molecule has 3 heterocycles. The first-order valence-corrected chi connectivity index (χ1v) is 14.7. The van der Waals surface area contributed by atoms with Crippen molar-refractivity contribution in [3.63, 3.8) is 0 Å². The van der Waals surface area contributed by atoms with Crippen LogP contribution in [0.2, 0.25) is 5.02 Å². The Morgan fingerprint density at radius 2 is 1.83 bits per heavy atom. The SMILES string of the molecule is CCOC(=O)C1=C(C)N=c2s/c(=C\c3cc(C)n(-c4cccc(Cl)c4C)c3C)c(=O)n2[C@H]1c1ccccc1OCC. The molecule has 0 fully saturated rings. The number of halogens is 1. The molecule has 4 aromatic rings. The summed E-state index contributed by atoms with van der Waals surface area (Å²) in [4.78, 5) is 32.6. The Hall–Kier alpha value is -3.88. The number of nitrogens with zero attached hydrogens (tertiary/aromatic N) is 3. The van der Waals surface area contributed by atoms with Gasteiger partial charge in [0, 0.05) is 27.7 Å². The molecule has 7 nitrogen and oxygen atoms in total. The second-order valence-corrected chi connectivity index (χ2v) is 11.2. The summed E-state index contributed by atoms with van der Waals surface area (Å²) in [6, 6.07) is 14.6. The molecule has 41 heavy (non-hydrogen) atoms. The zero-order chi connectivity index (χ0) is 29.4. The smallest absolute Gasteiger partial charge is 0.338 e. The van der Waals surface area contributed by atoms with Gasteiger partial charge in [-0.25, -0.2) is 9.79 Å². The summed E-state index contributed by atoms with van der Waals surface area (Å²) >= 11 is 7.73. The van der Waals surface area contributed by atoms with E-state index in [1.165, 1.54) is 11.3 Å². The average molecular weight is 590 g/mol.